The number of amides is 1. The summed E-state index contributed by atoms with van der Waals surface area (Å²) in [6, 6.07) is 13.9. The van der Waals surface area contributed by atoms with Gasteiger partial charge in [0.15, 0.2) is 0 Å². The number of rotatable bonds is 6. The van der Waals surface area contributed by atoms with Crippen LogP contribution in [0.1, 0.15) is 16.7 Å². The second-order valence-electron chi connectivity index (χ2n) is 5.26. The maximum atomic E-state index is 12.0. The Labute approximate surface area is 131 Å². The van der Waals surface area contributed by atoms with E-state index in [2.05, 4.69) is 10.6 Å². The van der Waals surface area contributed by atoms with Crippen molar-refractivity contribution < 1.29 is 9.53 Å². The van der Waals surface area contributed by atoms with Gasteiger partial charge in [0.1, 0.15) is 5.75 Å². The van der Waals surface area contributed by atoms with Gasteiger partial charge in [0.25, 0.3) is 0 Å². The Morgan fingerprint density at radius 1 is 1.14 bits per heavy atom. The number of hydrogen-bond acceptors (Lipinski definition) is 3. The van der Waals surface area contributed by atoms with Crippen molar-refractivity contribution in [3.63, 3.8) is 0 Å². The molecule has 0 aliphatic carbocycles. The smallest absolute Gasteiger partial charge is 0.239 e. The predicted molar refractivity (Wildman–Crippen MR) is 89.2 cm³/mol. The third-order valence-corrected chi connectivity index (χ3v) is 3.53. The Balaban J connectivity index is 1.88. The van der Waals surface area contributed by atoms with Crippen LogP contribution in [0.15, 0.2) is 42.5 Å². The van der Waals surface area contributed by atoms with Crippen molar-refractivity contribution in [1.29, 1.82) is 0 Å². The van der Waals surface area contributed by atoms with E-state index in [4.69, 9.17) is 4.74 Å². The van der Waals surface area contributed by atoms with Crippen LogP contribution in [0.25, 0.3) is 0 Å². The maximum absolute atomic E-state index is 12.0. The maximum Gasteiger partial charge on any atom is 0.239 e. The van der Waals surface area contributed by atoms with E-state index >= 15 is 0 Å². The Kier molecular flexibility index (Phi) is 5.42. The molecule has 2 aromatic carbocycles. The van der Waals surface area contributed by atoms with Crippen molar-refractivity contribution in [1.82, 2.24) is 5.32 Å². The first-order chi connectivity index (χ1) is 10.6. The lowest BCUT2D eigenvalue weighted by atomic mass is 10.1. The first kappa shape index (κ1) is 15.9. The molecule has 2 aromatic rings. The van der Waals surface area contributed by atoms with Gasteiger partial charge in [-0.3, -0.25) is 4.79 Å². The van der Waals surface area contributed by atoms with Crippen molar-refractivity contribution >= 4 is 11.6 Å². The van der Waals surface area contributed by atoms with Crippen molar-refractivity contribution in [2.45, 2.75) is 20.4 Å². The number of ether oxygens (including phenoxy) is 1. The number of carbonyl (C=O) groups is 1. The van der Waals surface area contributed by atoms with Gasteiger partial charge in [0.05, 0.1) is 19.3 Å². The lowest BCUT2D eigenvalue weighted by molar-refractivity contribution is -0.119. The van der Waals surface area contributed by atoms with Gasteiger partial charge in [-0.2, -0.15) is 0 Å². The molecule has 4 nitrogen and oxygen atoms in total. The molecule has 2 rings (SSSR count). The molecule has 0 saturated carbocycles. The van der Waals surface area contributed by atoms with E-state index in [0.717, 1.165) is 22.6 Å². The predicted octanol–water partition coefficient (Wildman–Crippen LogP) is 3.04. The summed E-state index contributed by atoms with van der Waals surface area (Å²) in [5.41, 5.74) is 4.25. The van der Waals surface area contributed by atoms with E-state index < -0.39 is 0 Å². The fourth-order valence-corrected chi connectivity index (χ4v) is 2.20. The van der Waals surface area contributed by atoms with Crippen molar-refractivity contribution in [2.75, 3.05) is 19.0 Å². The van der Waals surface area contributed by atoms with Crippen molar-refractivity contribution in [2.24, 2.45) is 0 Å². The monoisotopic (exact) mass is 298 g/mol. The summed E-state index contributed by atoms with van der Waals surface area (Å²) in [6.07, 6.45) is 0. The third-order valence-electron chi connectivity index (χ3n) is 3.53. The number of aryl methyl sites for hydroxylation is 2. The number of methoxy groups -OCH3 is 1. The molecule has 0 unspecified atom stereocenters. The van der Waals surface area contributed by atoms with Gasteiger partial charge in [-0.1, -0.05) is 30.3 Å². The van der Waals surface area contributed by atoms with E-state index in [1.54, 1.807) is 7.11 Å². The van der Waals surface area contributed by atoms with Crippen LogP contribution in [-0.2, 0) is 11.3 Å². The van der Waals surface area contributed by atoms with E-state index in [9.17, 15) is 4.79 Å². The molecule has 4 heteroatoms. The van der Waals surface area contributed by atoms with Crippen LogP contribution in [0.3, 0.4) is 0 Å². The van der Waals surface area contributed by atoms with Crippen LogP contribution in [0.5, 0.6) is 5.75 Å². The van der Waals surface area contributed by atoms with E-state index in [-0.39, 0.29) is 12.5 Å². The van der Waals surface area contributed by atoms with Crippen LogP contribution in [0.4, 0.5) is 5.69 Å². The Morgan fingerprint density at radius 3 is 2.64 bits per heavy atom. The fourth-order valence-electron chi connectivity index (χ4n) is 2.20. The molecule has 0 heterocycles. The molecule has 0 radical (unpaired) electrons. The van der Waals surface area contributed by atoms with Crippen molar-refractivity contribution in [3.8, 4) is 5.75 Å². The normalized spacial score (nSPS) is 10.1. The molecular formula is C18H22N2O2. The lowest BCUT2D eigenvalue weighted by Gasteiger charge is -2.12. The minimum atomic E-state index is -0.0492. The minimum absolute atomic E-state index is 0.0492. The number of nitrogens with one attached hydrogen (secondary N) is 2. The molecule has 0 bridgehead atoms. The van der Waals surface area contributed by atoms with Gasteiger partial charge in [-0.05, 0) is 42.7 Å². The largest absolute Gasteiger partial charge is 0.495 e. The highest BCUT2D eigenvalue weighted by molar-refractivity contribution is 5.81. The average Bonchev–Trinajstić information content (AvgIpc) is 2.52. The number of carbonyl (C=O) groups excluding carboxylic acids is 1. The van der Waals surface area contributed by atoms with Crippen LogP contribution in [0.2, 0.25) is 0 Å². The quantitative estimate of drug-likeness (QED) is 0.862. The molecule has 0 fully saturated rings. The fraction of sp³-hybridized carbons (Fsp3) is 0.278. The second kappa shape index (κ2) is 7.50. The molecule has 116 valence electrons. The number of hydrogen-bond donors (Lipinski definition) is 2. The van der Waals surface area contributed by atoms with E-state index in [0.29, 0.717) is 6.54 Å². The molecule has 0 aromatic heterocycles. The molecular weight excluding hydrogens is 276 g/mol. The molecule has 0 saturated heterocycles. The Bertz CT molecular complexity index is 653. The summed E-state index contributed by atoms with van der Waals surface area (Å²) < 4.78 is 5.28. The topological polar surface area (TPSA) is 50.4 Å². The molecule has 0 aliphatic rings. The van der Waals surface area contributed by atoms with Crippen LogP contribution in [0, 0.1) is 13.8 Å². The SMILES string of the molecule is COc1ccc(C)cc1NCC(=O)NCc1ccccc1C. The summed E-state index contributed by atoms with van der Waals surface area (Å²) in [7, 11) is 1.62. The third kappa shape index (κ3) is 4.25. The van der Waals surface area contributed by atoms with E-state index in [1.165, 1.54) is 5.56 Å². The molecule has 22 heavy (non-hydrogen) atoms. The molecule has 0 atom stereocenters. The van der Waals surface area contributed by atoms with Crippen molar-refractivity contribution in [3.05, 3.63) is 59.2 Å². The molecule has 0 aliphatic heterocycles. The lowest BCUT2D eigenvalue weighted by Crippen LogP contribution is -2.29. The Hall–Kier alpha value is -2.49. The van der Waals surface area contributed by atoms with Gasteiger partial charge in [-0.15, -0.1) is 0 Å². The first-order valence-corrected chi connectivity index (χ1v) is 7.30. The first-order valence-electron chi connectivity index (χ1n) is 7.30. The molecule has 0 spiro atoms. The molecule has 2 N–H and O–H groups in total. The van der Waals surface area contributed by atoms with Gasteiger partial charge in [0, 0.05) is 6.54 Å². The van der Waals surface area contributed by atoms with Crippen LogP contribution in [-0.4, -0.2) is 19.6 Å². The van der Waals surface area contributed by atoms with E-state index in [1.807, 2.05) is 56.3 Å². The number of anilines is 1. The van der Waals surface area contributed by atoms with Crippen LogP contribution < -0.4 is 15.4 Å². The van der Waals surface area contributed by atoms with Gasteiger partial charge in [-0.25, -0.2) is 0 Å². The zero-order chi connectivity index (χ0) is 15.9. The summed E-state index contributed by atoms with van der Waals surface area (Å²) in [5, 5.41) is 6.04. The molecule has 1 amide bonds. The Morgan fingerprint density at radius 2 is 1.91 bits per heavy atom. The average molecular weight is 298 g/mol. The van der Waals surface area contributed by atoms with Gasteiger partial charge < -0.3 is 15.4 Å². The van der Waals surface area contributed by atoms with Crippen LogP contribution >= 0.6 is 0 Å². The second-order valence-corrected chi connectivity index (χ2v) is 5.26. The highest BCUT2D eigenvalue weighted by Gasteiger charge is 2.06. The summed E-state index contributed by atoms with van der Waals surface area (Å²) in [5.74, 6) is 0.684. The zero-order valence-corrected chi connectivity index (χ0v) is 13.3. The summed E-state index contributed by atoms with van der Waals surface area (Å²) >= 11 is 0. The summed E-state index contributed by atoms with van der Waals surface area (Å²) in [6.45, 7) is 4.80. The summed E-state index contributed by atoms with van der Waals surface area (Å²) in [4.78, 5) is 12.0. The highest BCUT2D eigenvalue weighted by Crippen LogP contribution is 2.24. The number of benzene rings is 2. The van der Waals surface area contributed by atoms with Gasteiger partial charge >= 0.3 is 0 Å². The highest BCUT2D eigenvalue weighted by atomic mass is 16.5. The van der Waals surface area contributed by atoms with Gasteiger partial charge in [0.2, 0.25) is 5.91 Å². The minimum Gasteiger partial charge on any atom is -0.495 e. The standard InChI is InChI=1S/C18H22N2O2/c1-13-8-9-17(22-3)16(10-13)19-12-18(21)20-11-15-7-5-4-6-14(15)2/h4-10,19H,11-12H2,1-3H3,(H,20,21). The zero-order valence-electron chi connectivity index (χ0n) is 13.3.